The number of halogens is 1. The first kappa shape index (κ1) is 11.2. The summed E-state index contributed by atoms with van der Waals surface area (Å²) in [7, 11) is 0. The molecule has 0 amide bonds. The summed E-state index contributed by atoms with van der Waals surface area (Å²) in [4.78, 5) is 10.2. The summed E-state index contributed by atoms with van der Waals surface area (Å²) >= 11 is 3.14. The van der Waals surface area contributed by atoms with E-state index in [1.807, 2.05) is 32.0 Å². The van der Waals surface area contributed by atoms with Gasteiger partial charge in [0.2, 0.25) is 0 Å². The van der Waals surface area contributed by atoms with E-state index in [-0.39, 0.29) is 0 Å². The Morgan fingerprint density at radius 3 is 2.71 bits per heavy atom. The molecule has 0 spiro atoms. The van der Waals surface area contributed by atoms with Crippen molar-refractivity contribution in [2.24, 2.45) is 0 Å². The van der Waals surface area contributed by atoms with Crippen molar-refractivity contribution in [1.29, 1.82) is 0 Å². The molecule has 0 saturated heterocycles. The molecule has 0 bridgehead atoms. The molecule has 0 aliphatic carbocycles. The Kier molecular flexibility index (Phi) is 3.69. The second-order valence-corrected chi connectivity index (χ2v) is 4.55. The Balaban J connectivity index is 2.85. The minimum absolute atomic E-state index is 0.497. The van der Waals surface area contributed by atoms with Crippen LogP contribution in [-0.2, 0) is 11.2 Å². The zero-order chi connectivity index (χ0) is 10.7. The van der Waals surface area contributed by atoms with E-state index in [0.717, 1.165) is 16.7 Å². The van der Waals surface area contributed by atoms with Crippen molar-refractivity contribution in [2.75, 3.05) is 0 Å². The van der Waals surface area contributed by atoms with Gasteiger partial charge in [0.15, 0.2) is 0 Å². The molecule has 1 rings (SSSR count). The maximum Gasteiger partial charge on any atom is 0.317 e. The highest BCUT2D eigenvalue weighted by atomic mass is 79.9. The van der Waals surface area contributed by atoms with E-state index >= 15 is 0 Å². The van der Waals surface area contributed by atoms with Gasteiger partial charge in [0.1, 0.15) is 4.83 Å². The van der Waals surface area contributed by atoms with Gasteiger partial charge >= 0.3 is 5.97 Å². The lowest BCUT2D eigenvalue weighted by Crippen LogP contribution is -2.16. The molecule has 1 N–H and O–H groups in total. The van der Waals surface area contributed by atoms with Crippen LogP contribution in [-0.4, -0.2) is 15.9 Å². The summed E-state index contributed by atoms with van der Waals surface area (Å²) in [6, 6.07) is 6.08. The second-order valence-electron chi connectivity index (χ2n) is 3.44. The number of benzene rings is 1. The molecular formula is C11H13BrO2. The lowest BCUT2D eigenvalue weighted by molar-refractivity contribution is -0.136. The van der Waals surface area contributed by atoms with Crippen molar-refractivity contribution in [3.63, 3.8) is 0 Å². The van der Waals surface area contributed by atoms with Crippen LogP contribution in [0.15, 0.2) is 18.2 Å². The van der Waals surface area contributed by atoms with Crippen LogP contribution in [0.1, 0.15) is 16.7 Å². The van der Waals surface area contributed by atoms with Gasteiger partial charge in [0.25, 0.3) is 0 Å². The number of aliphatic carboxylic acids is 1. The molecule has 2 nitrogen and oxygen atoms in total. The van der Waals surface area contributed by atoms with E-state index in [9.17, 15) is 4.79 Å². The van der Waals surface area contributed by atoms with E-state index in [1.54, 1.807) is 0 Å². The van der Waals surface area contributed by atoms with Crippen LogP contribution in [0.4, 0.5) is 0 Å². The third-order valence-electron chi connectivity index (χ3n) is 2.17. The fourth-order valence-electron chi connectivity index (χ4n) is 1.30. The first-order valence-corrected chi connectivity index (χ1v) is 5.35. The van der Waals surface area contributed by atoms with Gasteiger partial charge in [-0.15, -0.1) is 0 Å². The number of carboxylic acids is 1. The summed E-state index contributed by atoms with van der Waals surface area (Å²) in [5, 5.41) is 8.76. The summed E-state index contributed by atoms with van der Waals surface area (Å²) in [6.45, 7) is 4.00. The van der Waals surface area contributed by atoms with Crippen molar-refractivity contribution in [3.05, 3.63) is 34.9 Å². The predicted octanol–water partition coefficient (Wildman–Crippen LogP) is 2.69. The van der Waals surface area contributed by atoms with Gasteiger partial charge in [-0.1, -0.05) is 39.7 Å². The molecule has 1 unspecified atom stereocenters. The van der Waals surface area contributed by atoms with Crippen molar-refractivity contribution in [2.45, 2.75) is 25.1 Å². The average molecular weight is 257 g/mol. The maximum atomic E-state index is 10.7. The summed E-state index contributed by atoms with van der Waals surface area (Å²) in [5.41, 5.74) is 3.39. The van der Waals surface area contributed by atoms with E-state index in [0.29, 0.717) is 6.42 Å². The van der Waals surface area contributed by atoms with Crippen molar-refractivity contribution in [1.82, 2.24) is 0 Å². The van der Waals surface area contributed by atoms with Crippen LogP contribution in [0.5, 0.6) is 0 Å². The van der Waals surface area contributed by atoms with Gasteiger partial charge in [-0.2, -0.15) is 0 Å². The Bertz CT molecular complexity index is 347. The van der Waals surface area contributed by atoms with E-state index < -0.39 is 10.8 Å². The summed E-state index contributed by atoms with van der Waals surface area (Å²) < 4.78 is 0. The molecule has 1 aromatic rings. The van der Waals surface area contributed by atoms with Gasteiger partial charge < -0.3 is 5.11 Å². The Morgan fingerprint density at radius 2 is 2.14 bits per heavy atom. The fourth-order valence-corrected chi connectivity index (χ4v) is 1.65. The molecule has 14 heavy (non-hydrogen) atoms. The van der Waals surface area contributed by atoms with Crippen molar-refractivity contribution < 1.29 is 9.90 Å². The van der Waals surface area contributed by atoms with Gasteiger partial charge in [0, 0.05) is 0 Å². The molecule has 0 aliphatic rings. The van der Waals surface area contributed by atoms with Crippen molar-refractivity contribution >= 4 is 21.9 Å². The second kappa shape index (κ2) is 4.60. The Morgan fingerprint density at radius 1 is 1.50 bits per heavy atom. The number of carboxylic acid groups (broad SMARTS) is 1. The predicted molar refractivity (Wildman–Crippen MR) is 60.0 cm³/mol. The smallest absolute Gasteiger partial charge is 0.317 e. The zero-order valence-corrected chi connectivity index (χ0v) is 9.84. The number of rotatable bonds is 3. The highest BCUT2D eigenvalue weighted by Gasteiger charge is 2.14. The molecular weight excluding hydrogens is 244 g/mol. The van der Waals surface area contributed by atoms with Crippen molar-refractivity contribution in [3.8, 4) is 0 Å². The van der Waals surface area contributed by atoms with E-state index in [1.165, 1.54) is 0 Å². The minimum Gasteiger partial charge on any atom is -0.480 e. The van der Waals surface area contributed by atoms with Crippen LogP contribution in [0.25, 0.3) is 0 Å². The Hall–Kier alpha value is -0.830. The number of aryl methyl sites for hydroxylation is 2. The third-order valence-corrected chi connectivity index (χ3v) is 2.89. The van der Waals surface area contributed by atoms with Crippen LogP contribution in [0, 0.1) is 13.8 Å². The highest BCUT2D eigenvalue weighted by Crippen LogP contribution is 2.16. The monoisotopic (exact) mass is 256 g/mol. The molecule has 0 fully saturated rings. The van der Waals surface area contributed by atoms with E-state index in [4.69, 9.17) is 5.11 Å². The third kappa shape index (κ3) is 2.84. The lowest BCUT2D eigenvalue weighted by atomic mass is 10.0. The summed E-state index contributed by atoms with van der Waals surface area (Å²) in [6.07, 6.45) is 0.531. The molecule has 0 aliphatic heterocycles. The van der Waals surface area contributed by atoms with Crippen LogP contribution in [0.2, 0.25) is 0 Å². The number of alkyl halides is 1. The quantitative estimate of drug-likeness (QED) is 0.845. The van der Waals surface area contributed by atoms with Gasteiger partial charge in [-0.25, -0.2) is 0 Å². The minimum atomic E-state index is -0.814. The van der Waals surface area contributed by atoms with E-state index in [2.05, 4.69) is 15.9 Å². The number of hydrogen-bond acceptors (Lipinski definition) is 1. The largest absolute Gasteiger partial charge is 0.480 e. The normalized spacial score (nSPS) is 12.5. The number of hydrogen-bond donors (Lipinski definition) is 1. The first-order chi connectivity index (χ1) is 6.50. The molecule has 0 saturated carbocycles. The Labute approximate surface area is 92.1 Å². The lowest BCUT2D eigenvalue weighted by Gasteiger charge is -2.08. The molecule has 1 aromatic carbocycles. The molecule has 3 heteroatoms. The standard InChI is InChI=1S/C11H13BrO2/c1-7-3-4-8(2)9(5-7)6-10(12)11(13)14/h3-5,10H,6H2,1-2H3,(H,13,14). The van der Waals surface area contributed by atoms with Gasteiger partial charge in [-0.05, 0) is 31.4 Å². The fraction of sp³-hybridized carbons (Fsp3) is 0.364. The molecule has 76 valence electrons. The molecule has 0 heterocycles. The van der Waals surface area contributed by atoms with Crippen LogP contribution >= 0.6 is 15.9 Å². The molecule has 0 aromatic heterocycles. The molecule has 0 radical (unpaired) electrons. The SMILES string of the molecule is Cc1ccc(C)c(CC(Br)C(=O)O)c1. The molecule has 1 atom stereocenters. The summed E-state index contributed by atoms with van der Waals surface area (Å²) in [5.74, 6) is -0.814. The van der Waals surface area contributed by atoms with Gasteiger partial charge in [-0.3, -0.25) is 4.79 Å². The highest BCUT2D eigenvalue weighted by molar-refractivity contribution is 9.10. The zero-order valence-electron chi connectivity index (χ0n) is 8.25. The van der Waals surface area contributed by atoms with Crippen LogP contribution < -0.4 is 0 Å². The van der Waals surface area contributed by atoms with Crippen LogP contribution in [0.3, 0.4) is 0 Å². The topological polar surface area (TPSA) is 37.3 Å². The van der Waals surface area contributed by atoms with Gasteiger partial charge in [0.05, 0.1) is 0 Å². The average Bonchev–Trinajstić information content (AvgIpc) is 2.11. The number of carbonyl (C=O) groups is 1. The first-order valence-electron chi connectivity index (χ1n) is 4.43. The maximum absolute atomic E-state index is 10.7.